The molecule has 2 rings (SSSR count). The zero-order valence-corrected chi connectivity index (χ0v) is 13.5. The van der Waals surface area contributed by atoms with E-state index in [9.17, 15) is 19.4 Å². The van der Waals surface area contributed by atoms with Crippen molar-refractivity contribution >= 4 is 6.09 Å². The fraction of sp³-hybridized carbons (Fsp3) is 0.909. The Hall–Kier alpha value is -0.230. The van der Waals surface area contributed by atoms with Gasteiger partial charge < -0.3 is 0 Å². The number of hydrogen-bond donors (Lipinski definition) is 2. The van der Waals surface area contributed by atoms with Crippen molar-refractivity contribution in [1.29, 1.82) is 0 Å². The Balaban J connectivity index is 2.07. The van der Waals surface area contributed by atoms with E-state index in [0.29, 0.717) is 0 Å². The van der Waals surface area contributed by atoms with Gasteiger partial charge in [0.05, 0.1) is 0 Å². The van der Waals surface area contributed by atoms with Crippen molar-refractivity contribution in [3.05, 3.63) is 0 Å². The van der Waals surface area contributed by atoms with Crippen LogP contribution in [0.15, 0.2) is 0 Å². The number of amides is 1. The van der Waals surface area contributed by atoms with Gasteiger partial charge in [0.1, 0.15) is 0 Å². The molecule has 0 spiro atoms. The van der Waals surface area contributed by atoms with Crippen molar-refractivity contribution in [2.75, 3.05) is 11.2 Å². The molecule has 0 saturated carbocycles. The van der Waals surface area contributed by atoms with Gasteiger partial charge in [-0.1, -0.05) is 0 Å². The maximum absolute atomic E-state index is 14.7. The van der Waals surface area contributed by atoms with Crippen LogP contribution in [0.2, 0.25) is 0 Å². The first kappa shape index (κ1) is 16.1. The van der Waals surface area contributed by atoms with Crippen LogP contribution in [0.1, 0.15) is 20.8 Å². The number of aliphatic hydroxyl groups is 2. The molecule has 2 N–H and O–H groups in total. The van der Waals surface area contributed by atoms with E-state index in [4.69, 9.17) is 14.2 Å². The summed E-state index contributed by atoms with van der Waals surface area (Å²) in [4.78, 5) is 11.4. The van der Waals surface area contributed by atoms with Crippen LogP contribution in [-0.2, 0) is 14.2 Å². The van der Waals surface area contributed by atoms with E-state index < -0.39 is 57.5 Å². The van der Waals surface area contributed by atoms with Crippen LogP contribution in [0.3, 0.4) is 0 Å². The van der Waals surface area contributed by atoms with Gasteiger partial charge in [-0.05, 0) is 0 Å². The summed E-state index contributed by atoms with van der Waals surface area (Å²) in [5.74, 6) is -0.911. The second-order valence-corrected chi connectivity index (χ2v) is 7.63. The SMILES string of the molecule is CC1(C)OC[C@H]([C@@H](O)[C@@](C)(F)C(O)N2[I-]COC2=O)O1. The number of nitrogens with zero attached hydrogens (tertiary/aromatic N) is 1. The van der Waals surface area contributed by atoms with Gasteiger partial charge in [0.25, 0.3) is 0 Å². The Morgan fingerprint density at radius 3 is 2.65 bits per heavy atom. The Morgan fingerprint density at radius 1 is 1.55 bits per heavy atom. The van der Waals surface area contributed by atoms with Gasteiger partial charge in [-0.3, -0.25) is 0 Å². The molecule has 1 amide bonds. The molecule has 0 aliphatic carbocycles. The van der Waals surface area contributed by atoms with Gasteiger partial charge in [0.15, 0.2) is 0 Å². The summed E-state index contributed by atoms with van der Waals surface area (Å²) in [5.41, 5.74) is -2.45. The van der Waals surface area contributed by atoms with Crippen molar-refractivity contribution in [1.82, 2.24) is 3.11 Å². The molecule has 2 aliphatic heterocycles. The van der Waals surface area contributed by atoms with Crippen LogP contribution >= 0.6 is 0 Å². The van der Waals surface area contributed by atoms with Crippen LogP contribution in [-0.4, -0.2) is 60.5 Å². The topological polar surface area (TPSA) is 88.5 Å². The monoisotopic (exact) mass is 406 g/mol. The van der Waals surface area contributed by atoms with E-state index in [0.717, 1.165) is 10.0 Å². The van der Waals surface area contributed by atoms with Crippen LogP contribution in [0.5, 0.6) is 0 Å². The molecule has 1 unspecified atom stereocenters. The number of alkyl halides is 2. The summed E-state index contributed by atoms with van der Waals surface area (Å²) in [6.07, 6.45) is -5.07. The second-order valence-electron chi connectivity index (χ2n) is 5.29. The summed E-state index contributed by atoms with van der Waals surface area (Å²) in [7, 11) is 0. The minimum atomic E-state index is -2.45. The maximum atomic E-state index is 14.7. The Labute approximate surface area is 126 Å². The molecule has 2 heterocycles. The van der Waals surface area contributed by atoms with Crippen molar-refractivity contribution < 1.29 is 55.1 Å². The summed E-state index contributed by atoms with van der Waals surface area (Å²) >= 11 is -0.940. The summed E-state index contributed by atoms with van der Waals surface area (Å²) in [5, 5.41) is 20.1. The molecular weight excluding hydrogens is 388 g/mol. The Morgan fingerprint density at radius 2 is 2.20 bits per heavy atom. The van der Waals surface area contributed by atoms with Gasteiger partial charge in [-0.25, -0.2) is 0 Å². The van der Waals surface area contributed by atoms with Crippen molar-refractivity contribution in [3.63, 3.8) is 0 Å². The van der Waals surface area contributed by atoms with E-state index >= 15 is 0 Å². The first-order valence-electron chi connectivity index (χ1n) is 6.07. The average molecular weight is 406 g/mol. The van der Waals surface area contributed by atoms with Crippen LogP contribution in [0, 0.1) is 0 Å². The molecule has 7 nitrogen and oxygen atoms in total. The van der Waals surface area contributed by atoms with Crippen LogP contribution in [0.4, 0.5) is 9.18 Å². The van der Waals surface area contributed by atoms with E-state index in [-0.39, 0.29) is 11.2 Å². The third-order valence-corrected chi connectivity index (χ3v) is 5.46. The number of hydrogen-bond acceptors (Lipinski definition) is 6. The summed E-state index contributed by atoms with van der Waals surface area (Å²) < 4.78 is 31.2. The van der Waals surface area contributed by atoms with Gasteiger partial charge in [0, 0.05) is 0 Å². The molecule has 118 valence electrons. The third-order valence-electron chi connectivity index (χ3n) is 3.21. The van der Waals surface area contributed by atoms with E-state index in [1.54, 1.807) is 13.8 Å². The van der Waals surface area contributed by atoms with Gasteiger partial charge in [0.2, 0.25) is 0 Å². The quantitative estimate of drug-likeness (QED) is 0.293. The second kappa shape index (κ2) is 5.52. The molecule has 0 radical (unpaired) electrons. The molecule has 0 bridgehead atoms. The number of rotatable bonds is 4. The summed E-state index contributed by atoms with van der Waals surface area (Å²) in [6, 6.07) is 0. The predicted molar refractivity (Wildman–Crippen MR) is 59.6 cm³/mol. The zero-order chi connectivity index (χ0) is 15.1. The van der Waals surface area contributed by atoms with Crippen LogP contribution in [0.25, 0.3) is 0 Å². The normalized spacial score (nSPS) is 32.2. The minimum absolute atomic E-state index is 0.0138. The molecule has 2 aliphatic rings. The molecule has 2 saturated heterocycles. The third kappa shape index (κ3) is 3.01. The van der Waals surface area contributed by atoms with Gasteiger partial charge >= 0.3 is 126 Å². The molecule has 9 heteroatoms. The van der Waals surface area contributed by atoms with E-state index in [1.807, 2.05) is 0 Å². The summed E-state index contributed by atoms with van der Waals surface area (Å²) in [6.45, 7) is 4.34. The first-order valence-corrected chi connectivity index (χ1v) is 8.56. The molecule has 2 fully saturated rings. The van der Waals surface area contributed by atoms with E-state index in [1.165, 1.54) is 0 Å². The number of carbonyl (C=O) groups excluding carboxylic acids is 1. The molecule has 0 aromatic rings. The Bertz CT molecular complexity index is 393. The predicted octanol–water partition coefficient (Wildman–Crippen LogP) is -3.04. The Kier molecular flexibility index (Phi) is 4.46. The molecule has 0 aromatic heterocycles. The fourth-order valence-electron chi connectivity index (χ4n) is 2.01. The van der Waals surface area contributed by atoms with E-state index in [2.05, 4.69) is 0 Å². The van der Waals surface area contributed by atoms with Crippen molar-refractivity contribution in [3.8, 4) is 0 Å². The van der Waals surface area contributed by atoms with Gasteiger partial charge in [-0.2, -0.15) is 0 Å². The van der Waals surface area contributed by atoms with Crippen LogP contribution < -0.4 is 21.5 Å². The molecule has 4 atom stereocenters. The van der Waals surface area contributed by atoms with Gasteiger partial charge in [-0.15, -0.1) is 0 Å². The number of ether oxygens (including phenoxy) is 3. The van der Waals surface area contributed by atoms with Crippen molar-refractivity contribution in [2.45, 2.75) is 50.7 Å². The number of aliphatic hydroxyl groups excluding tert-OH is 2. The first-order chi connectivity index (χ1) is 9.15. The molecule has 0 aromatic carbocycles. The number of cyclic esters (lactones) is 1. The number of carbonyl (C=O) groups is 1. The van der Waals surface area contributed by atoms with Crippen molar-refractivity contribution in [2.24, 2.45) is 0 Å². The fourth-order valence-corrected chi connectivity index (χ4v) is 4.05. The molecule has 20 heavy (non-hydrogen) atoms. The molecular formula is C11H18FINO6-. The average Bonchev–Trinajstić information content (AvgIpc) is 2.93. The number of halogens is 2. The zero-order valence-electron chi connectivity index (χ0n) is 11.4. The standard InChI is InChI=1S/C11H18FINO6/c1-10(2)19-4-6(20-10)7(15)11(3,12)8(16)14-9(17)18-5-13-14/h6-8,15-16H,4-5H2,1-3H3/q-1/t6-,7-,8?,11-/m1/s1.